The summed E-state index contributed by atoms with van der Waals surface area (Å²) in [5.74, 6) is 2.88. The molecule has 1 aliphatic carbocycles. The van der Waals surface area contributed by atoms with Crippen molar-refractivity contribution in [3.63, 3.8) is 0 Å². The van der Waals surface area contributed by atoms with Crippen molar-refractivity contribution in [2.45, 2.75) is 105 Å². The monoisotopic (exact) mass is 866 g/mol. The average molecular weight is 867 g/mol. The van der Waals surface area contributed by atoms with Crippen LogP contribution in [0.1, 0.15) is 103 Å². The van der Waals surface area contributed by atoms with Gasteiger partial charge in [0, 0.05) is 39.6 Å². The van der Waals surface area contributed by atoms with E-state index in [0.717, 1.165) is 39.0 Å². The van der Waals surface area contributed by atoms with Crippen LogP contribution in [0.25, 0.3) is 27.6 Å². The van der Waals surface area contributed by atoms with Gasteiger partial charge in [0.2, 0.25) is 0 Å². The molecule has 0 fully saturated rings. The molecule has 2 atom stereocenters. The van der Waals surface area contributed by atoms with Crippen LogP contribution < -0.4 is 4.74 Å². The molecule has 5 nitrogen and oxygen atoms in total. The van der Waals surface area contributed by atoms with Gasteiger partial charge in [-0.2, -0.15) is 6.07 Å². The average Bonchev–Trinajstić information content (AvgIpc) is 3.56. The van der Waals surface area contributed by atoms with Crippen LogP contribution in [-0.4, -0.2) is 21.0 Å². The van der Waals surface area contributed by atoms with Gasteiger partial charge in [-0.3, -0.25) is 4.99 Å². The van der Waals surface area contributed by atoms with Crippen molar-refractivity contribution in [1.82, 2.24) is 9.55 Å². The van der Waals surface area contributed by atoms with Gasteiger partial charge >= 0.3 is 21.1 Å². The summed E-state index contributed by atoms with van der Waals surface area (Å²) in [4.78, 5) is 10.4. The summed E-state index contributed by atoms with van der Waals surface area (Å²) in [6, 6.07) is 25.2. The molecule has 2 aliphatic heterocycles. The molecule has 0 spiro atoms. The van der Waals surface area contributed by atoms with Crippen molar-refractivity contribution in [3.8, 4) is 17.3 Å². The van der Waals surface area contributed by atoms with Crippen LogP contribution >= 0.6 is 0 Å². The number of fused-ring (bicyclic) bond motifs is 8. The second-order valence-corrected chi connectivity index (χ2v) is 16.8. The van der Waals surface area contributed by atoms with Crippen molar-refractivity contribution in [2.24, 2.45) is 4.99 Å². The largest absolute Gasteiger partial charge is 2.00 e. The molecule has 6 aromatic rings. The number of benzene rings is 4. The quantitative estimate of drug-likeness (QED) is 0.167. The maximum atomic E-state index is 7.05. The molecule has 4 heterocycles. The molecule has 0 saturated heterocycles. The predicted molar refractivity (Wildman–Crippen MR) is 206 cm³/mol. The Kier molecular flexibility index (Phi) is 7.32. The molecule has 0 N–H and O–H groups in total. The van der Waals surface area contributed by atoms with Gasteiger partial charge in [0.25, 0.3) is 0 Å². The molecular formula is C46H45N3O2Pt. The summed E-state index contributed by atoms with van der Waals surface area (Å²) in [6.07, 6.45) is 1.88. The van der Waals surface area contributed by atoms with E-state index >= 15 is 0 Å². The molecule has 0 amide bonds. The van der Waals surface area contributed by atoms with Crippen LogP contribution in [0.2, 0.25) is 0 Å². The molecule has 3 aliphatic rings. The molecule has 0 radical (unpaired) electrons. The second kappa shape index (κ2) is 10.9. The Bertz CT molecular complexity index is 2590. The molecule has 0 unspecified atom stereocenters. The summed E-state index contributed by atoms with van der Waals surface area (Å²) in [6.45, 7) is 26.5. The van der Waals surface area contributed by atoms with E-state index in [-0.39, 0.29) is 31.9 Å². The molecule has 266 valence electrons. The maximum absolute atomic E-state index is 7.05. The summed E-state index contributed by atoms with van der Waals surface area (Å²) < 4.78 is 16.2. The van der Waals surface area contributed by atoms with Crippen molar-refractivity contribution >= 4 is 27.7 Å². The molecule has 4 aromatic carbocycles. The molecule has 9 rings (SSSR count). The van der Waals surface area contributed by atoms with Gasteiger partial charge in [0.15, 0.2) is 0 Å². The van der Waals surface area contributed by atoms with E-state index in [4.69, 9.17) is 19.5 Å². The van der Waals surface area contributed by atoms with E-state index in [1.807, 2.05) is 12.3 Å². The fraction of sp³-hybridized carbons (Fsp3) is 0.348. The first-order valence-electron chi connectivity index (χ1n) is 18.1. The Labute approximate surface area is 321 Å². The van der Waals surface area contributed by atoms with Crippen molar-refractivity contribution in [2.75, 3.05) is 0 Å². The molecule has 2 aromatic heterocycles. The van der Waals surface area contributed by atoms with Gasteiger partial charge in [0.1, 0.15) is 22.9 Å². The maximum Gasteiger partial charge on any atom is 2.00 e. The number of nitrogens with zero attached hydrogens (tertiary/aromatic N) is 3. The van der Waals surface area contributed by atoms with Crippen molar-refractivity contribution in [3.05, 3.63) is 128 Å². The Balaban J connectivity index is 0.00000387. The van der Waals surface area contributed by atoms with Gasteiger partial charge in [-0.25, -0.2) is 4.98 Å². The molecule has 6 heteroatoms. The number of aromatic nitrogens is 2. The second-order valence-electron chi connectivity index (χ2n) is 16.8. The van der Waals surface area contributed by atoms with Crippen LogP contribution in [0.3, 0.4) is 0 Å². The van der Waals surface area contributed by atoms with E-state index in [9.17, 15) is 0 Å². The zero-order valence-electron chi connectivity index (χ0n) is 32.2. The zero-order valence-corrected chi connectivity index (χ0v) is 34.4. The Morgan fingerprint density at radius 1 is 0.712 bits per heavy atom. The third-order valence-corrected chi connectivity index (χ3v) is 12.8. The van der Waals surface area contributed by atoms with E-state index in [1.165, 1.54) is 49.8 Å². The Morgan fingerprint density at radius 2 is 1.38 bits per heavy atom. The molecule has 0 saturated carbocycles. The van der Waals surface area contributed by atoms with E-state index in [1.54, 1.807) is 0 Å². The fourth-order valence-electron chi connectivity index (χ4n) is 9.75. The van der Waals surface area contributed by atoms with E-state index in [0.29, 0.717) is 17.4 Å². The van der Waals surface area contributed by atoms with Crippen LogP contribution in [0.5, 0.6) is 11.5 Å². The normalized spacial score (nSPS) is 21.7. The Hall–Kier alpha value is -4.21. The molecule has 0 bridgehead atoms. The van der Waals surface area contributed by atoms with E-state index in [2.05, 4.69) is 142 Å². The first-order chi connectivity index (χ1) is 24.0. The minimum absolute atomic E-state index is 0. The third kappa shape index (κ3) is 4.26. The summed E-state index contributed by atoms with van der Waals surface area (Å²) in [5.41, 5.74) is 13.3. The number of rotatable bonds is 3. The standard InChI is InChI=1S/C46H45N3O2.Pt/c1-24-16-29(6)39-34(18-24)45(11)46(12,44(39,9)10)51-42(48-45)30-22-37(27(4)20-26(30)3)50-38-23-36-31(21-28(38)5)32-17-25(2)19-35-40(32)49(36)41-33(43(35,7)8)14-13-15-47-41;/h13-21H,1-12H3;/q-2;+2/t45-,46+;/m1./s1. The first-order valence-corrected chi connectivity index (χ1v) is 18.1. The number of ether oxygens (including phenoxy) is 2. The van der Waals surface area contributed by atoms with Gasteiger partial charge in [-0.1, -0.05) is 113 Å². The van der Waals surface area contributed by atoms with Crippen LogP contribution in [0.15, 0.2) is 59.7 Å². The van der Waals surface area contributed by atoms with Crippen LogP contribution in [-0.2, 0) is 42.2 Å². The first kappa shape index (κ1) is 34.9. The summed E-state index contributed by atoms with van der Waals surface area (Å²) >= 11 is 0. The zero-order chi connectivity index (χ0) is 36.2. The Morgan fingerprint density at radius 3 is 2.13 bits per heavy atom. The minimum atomic E-state index is -0.577. The number of aliphatic imine (C=N–C) groups is 1. The fourth-order valence-corrected chi connectivity index (χ4v) is 9.75. The molecule has 52 heavy (non-hydrogen) atoms. The summed E-state index contributed by atoms with van der Waals surface area (Å²) in [7, 11) is 0. The number of hydrogen-bond donors (Lipinski definition) is 0. The van der Waals surface area contributed by atoms with Gasteiger partial charge < -0.3 is 14.0 Å². The SMILES string of the molecule is Cc1cc(C)c2c(c1)[C@@]1(C)N=C(c3[c-]c(Oc4[c-]c5c(cc4C)c4cc(C)cc6c4n5-c4ncccc4C6(C)C)c(C)cc3C)O[C@@]1(C)C2(C)C.[Pt+2]. The number of hydrogen-bond acceptors (Lipinski definition) is 4. The topological polar surface area (TPSA) is 48.6 Å². The smallest absolute Gasteiger partial charge is 0.510 e. The van der Waals surface area contributed by atoms with Crippen LogP contribution in [0, 0.1) is 53.7 Å². The van der Waals surface area contributed by atoms with Gasteiger partial charge in [0.05, 0.1) is 0 Å². The van der Waals surface area contributed by atoms with Crippen LogP contribution in [0.4, 0.5) is 0 Å². The summed E-state index contributed by atoms with van der Waals surface area (Å²) in [5, 5.41) is 2.36. The van der Waals surface area contributed by atoms with Gasteiger partial charge in [-0.15, -0.1) is 28.6 Å². The van der Waals surface area contributed by atoms with E-state index < -0.39 is 11.1 Å². The number of aryl methyl sites for hydroxylation is 6. The predicted octanol–water partition coefficient (Wildman–Crippen LogP) is 10.8. The van der Waals surface area contributed by atoms with Gasteiger partial charge in [-0.05, 0) is 68.3 Å². The van der Waals surface area contributed by atoms with Crippen molar-refractivity contribution in [1.29, 1.82) is 0 Å². The van der Waals surface area contributed by atoms with Crippen molar-refractivity contribution < 1.29 is 30.5 Å². The molecular weight excluding hydrogens is 822 g/mol. The number of pyridine rings is 1. The third-order valence-electron chi connectivity index (χ3n) is 12.8. The minimum Gasteiger partial charge on any atom is -0.510 e.